The van der Waals surface area contributed by atoms with Gasteiger partial charge in [-0.25, -0.2) is 19.4 Å². The summed E-state index contributed by atoms with van der Waals surface area (Å²) in [5, 5.41) is 24.8. The van der Waals surface area contributed by atoms with Gasteiger partial charge in [-0.05, 0) is 50.1 Å². The molecule has 1 aromatic carbocycles. The number of aromatic hydroxyl groups is 1. The average Bonchev–Trinajstić information content (AvgIpc) is 3.46. The van der Waals surface area contributed by atoms with Crippen LogP contribution in [0.2, 0.25) is 0 Å². The van der Waals surface area contributed by atoms with E-state index in [1.165, 1.54) is 24.7 Å². The van der Waals surface area contributed by atoms with E-state index in [0.717, 1.165) is 5.56 Å². The minimum absolute atomic E-state index is 0.0640. The SMILES string of the molecule is CCC(CO)OC(COC(=O)NCCC(=O)N[C@H](C)C(=O)O[C@]1(CC)C(=O)OCc2c1cc1n(c2=O)Cc2cc3cc(O)ccc3nc2-1)OC. The zero-order valence-corrected chi connectivity index (χ0v) is 28.1. The van der Waals surface area contributed by atoms with Crippen LogP contribution >= 0.6 is 0 Å². The van der Waals surface area contributed by atoms with Crippen LogP contribution in [0.5, 0.6) is 5.75 Å². The van der Waals surface area contributed by atoms with Gasteiger partial charge in [-0.3, -0.25) is 9.59 Å². The fourth-order valence-corrected chi connectivity index (χ4v) is 5.88. The molecule has 16 nitrogen and oxygen atoms in total. The number of phenols is 1. The highest BCUT2D eigenvalue weighted by Crippen LogP contribution is 2.41. The number of carbonyl (C=O) groups is 4. The molecule has 16 heteroatoms. The lowest BCUT2D eigenvalue weighted by atomic mass is 9.85. The maximum Gasteiger partial charge on any atom is 0.407 e. The number of hydrogen-bond donors (Lipinski definition) is 4. The fraction of sp³-hybridized carbons (Fsp3) is 0.471. The second kappa shape index (κ2) is 15.2. The number of aliphatic hydroxyl groups is 1. The Bertz CT molecular complexity index is 1860. The molecule has 0 saturated heterocycles. The molecule has 2 aromatic heterocycles. The number of nitrogens with one attached hydrogen (secondary N) is 2. The van der Waals surface area contributed by atoms with Crippen LogP contribution in [0.15, 0.2) is 35.1 Å². The smallest absolute Gasteiger partial charge is 0.407 e. The van der Waals surface area contributed by atoms with E-state index in [1.807, 2.05) is 13.0 Å². The standard InChI is InChI=1S/C34H40N4O12/c1-5-22(15-39)49-28(46-4)17-48-33(45)35-10-9-27(41)36-18(3)31(43)50-34(6-2)24-13-26-29-20(11-19-12-21(40)7-8-25(19)37-29)14-38(26)30(42)23(24)16-47-32(34)44/h7-8,11-13,18,22,28,39-40H,5-6,9-10,14-17H2,1-4H3,(H,35,45)(H,36,41)/t18-,22?,28?,34+/m1/s1. The average molecular weight is 697 g/mol. The molecule has 3 aromatic rings. The number of amides is 2. The van der Waals surface area contributed by atoms with Crippen LogP contribution in [0.4, 0.5) is 4.79 Å². The molecular weight excluding hydrogens is 656 g/mol. The summed E-state index contributed by atoms with van der Waals surface area (Å²) in [4.78, 5) is 69.8. The number of aliphatic hydroxyl groups excluding tert-OH is 1. The highest BCUT2D eigenvalue weighted by molar-refractivity contribution is 5.90. The van der Waals surface area contributed by atoms with Crippen LogP contribution in [-0.4, -0.2) is 89.0 Å². The van der Waals surface area contributed by atoms with Crippen molar-refractivity contribution in [3.8, 4) is 17.1 Å². The summed E-state index contributed by atoms with van der Waals surface area (Å²) in [6.45, 7) is 4.11. The van der Waals surface area contributed by atoms with E-state index in [2.05, 4.69) is 10.6 Å². The van der Waals surface area contributed by atoms with E-state index in [0.29, 0.717) is 28.7 Å². The summed E-state index contributed by atoms with van der Waals surface area (Å²) in [5.41, 5.74) is 0.261. The Labute approximate surface area is 286 Å². The number of phenolic OH excluding ortho intramolecular Hbond substituents is 1. The quantitative estimate of drug-likeness (QED) is 0.0841. The van der Waals surface area contributed by atoms with Gasteiger partial charge in [0.25, 0.3) is 5.56 Å². The van der Waals surface area contributed by atoms with Crippen LogP contribution in [0.3, 0.4) is 0 Å². The van der Waals surface area contributed by atoms with Crippen molar-refractivity contribution in [1.29, 1.82) is 0 Å². The Kier molecular flexibility index (Phi) is 11.0. The third-order valence-corrected chi connectivity index (χ3v) is 8.70. The number of cyclic esters (lactones) is 1. The van der Waals surface area contributed by atoms with Gasteiger partial charge in [0.2, 0.25) is 11.5 Å². The molecular formula is C34H40N4O12. The minimum Gasteiger partial charge on any atom is -0.508 e. The first-order valence-corrected chi connectivity index (χ1v) is 16.2. The number of methoxy groups -OCH3 is 1. The molecule has 5 rings (SSSR count). The first-order chi connectivity index (χ1) is 23.9. The molecule has 2 amide bonds. The minimum atomic E-state index is -1.97. The fourth-order valence-electron chi connectivity index (χ4n) is 5.88. The van der Waals surface area contributed by atoms with Gasteiger partial charge in [-0.2, -0.15) is 0 Å². The number of alkyl carbamates (subject to hydrolysis) is 1. The number of benzene rings is 1. The van der Waals surface area contributed by atoms with Crippen LogP contribution in [0.25, 0.3) is 22.3 Å². The normalized spacial score (nSPS) is 17.8. The van der Waals surface area contributed by atoms with E-state index in [1.54, 1.807) is 25.1 Å². The molecule has 0 aliphatic carbocycles. The Morgan fingerprint density at radius 2 is 1.94 bits per heavy atom. The maximum absolute atomic E-state index is 13.7. The number of carbonyl (C=O) groups excluding carboxylic acids is 4. The van der Waals surface area contributed by atoms with Crippen molar-refractivity contribution in [1.82, 2.24) is 20.2 Å². The van der Waals surface area contributed by atoms with E-state index >= 15 is 0 Å². The molecule has 4 atom stereocenters. The van der Waals surface area contributed by atoms with E-state index < -0.39 is 53.5 Å². The molecule has 0 radical (unpaired) electrons. The third kappa shape index (κ3) is 7.27. The lowest BCUT2D eigenvalue weighted by Crippen LogP contribution is -2.50. The number of nitrogens with zero attached hydrogens (tertiary/aromatic N) is 2. The van der Waals surface area contributed by atoms with Gasteiger partial charge < -0.3 is 49.1 Å². The Hall–Kier alpha value is -5.06. The number of fused-ring (bicyclic) bond motifs is 5. The molecule has 2 unspecified atom stereocenters. The van der Waals surface area contributed by atoms with E-state index in [-0.39, 0.29) is 62.6 Å². The molecule has 0 bridgehead atoms. The van der Waals surface area contributed by atoms with Crippen LogP contribution in [0, 0.1) is 0 Å². The second-order valence-electron chi connectivity index (χ2n) is 11.9. The summed E-state index contributed by atoms with van der Waals surface area (Å²) in [7, 11) is 1.36. The number of rotatable bonds is 14. The van der Waals surface area contributed by atoms with Crippen LogP contribution < -0.4 is 16.2 Å². The second-order valence-corrected chi connectivity index (χ2v) is 11.9. The lowest BCUT2D eigenvalue weighted by Gasteiger charge is -2.36. The van der Waals surface area contributed by atoms with Gasteiger partial charge in [0.15, 0.2) is 6.29 Å². The van der Waals surface area contributed by atoms with Crippen molar-refractivity contribution < 1.29 is 53.1 Å². The molecule has 50 heavy (non-hydrogen) atoms. The highest BCUT2D eigenvalue weighted by Gasteiger charge is 2.51. The van der Waals surface area contributed by atoms with Gasteiger partial charge in [0, 0.05) is 36.6 Å². The Morgan fingerprint density at radius 3 is 2.64 bits per heavy atom. The van der Waals surface area contributed by atoms with Gasteiger partial charge in [0.05, 0.1) is 41.7 Å². The number of ether oxygens (including phenoxy) is 5. The topological polar surface area (TPSA) is 214 Å². The summed E-state index contributed by atoms with van der Waals surface area (Å²) < 4.78 is 28.3. The lowest BCUT2D eigenvalue weighted by molar-refractivity contribution is -0.190. The predicted octanol–water partition coefficient (Wildman–Crippen LogP) is 1.72. The molecule has 0 saturated carbocycles. The highest BCUT2D eigenvalue weighted by atomic mass is 16.7. The van der Waals surface area contributed by atoms with E-state index in [9.17, 15) is 34.2 Å². The molecule has 2 aliphatic rings. The van der Waals surface area contributed by atoms with E-state index in [4.69, 9.17) is 28.7 Å². The Morgan fingerprint density at radius 1 is 1.16 bits per heavy atom. The van der Waals surface area contributed by atoms with Crippen molar-refractivity contribution in [3.05, 3.63) is 57.4 Å². The molecule has 4 heterocycles. The molecule has 4 N–H and O–H groups in total. The van der Waals surface area contributed by atoms with Crippen molar-refractivity contribution >= 4 is 34.8 Å². The third-order valence-electron chi connectivity index (χ3n) is 8.70. The zero-order chi connectivity index (χ0) is 36.2. The van der Waals surface area contributed by atoms with Crippen LogP contribution in [-0.2, 0) is 56.8 Å². The van der Waals surface area contributed by atoms with Gasteiger partial charge in [0.1, 0.15) is 25.0 Å². The first-order valence-electron chi connectivity index (χ1n) is 16.2. The number of aromatic nitrogens is 2. The van der Waals surface area contributed by atoms with Gasteiger partial charge in [-0.1, -0.05) is 13.8 Å². The van der Waals surface area contributed by atoms with Crippen molar-refractivity contribution in [2.75, 3.05) is 26.9 Å². The van der Waals surface area contributed by atoms with Crippen molar-refractivity contribution in [2.45, 2.75) is 77.2 Å². The molecule has 0 fully saturated rings. The zero-order valence-electron chi connectivity index (χ0n) is 28.1. The molecule has 0 spiro atoms. The van der Waals surface area contributed by atoms with Gasteiger partial charge in [-0.15, -0.1) is 0 Å². The monoisotopic (exact) mass is 696 g/mol. The first kappa shape index (κ1) is 36.2. The van der Waals surface area contributed by atoms with Crippen molar-refractivity contribution in [3.63, 3.8) is 0 Å². The number of pyridine rings is 2. The maximum atomic E-state index is 13.7. The summed E-state index contributed by atoms with van der Waals surface area (Å²) in [5.74, 6) is -2.31. The van der Waals surface area contributed by atoms with Crippen molar-refractivity contribution in [2.24, 2.45) is 0 Å². The molecule has 2 aliphatic heterocycles. The molecule has 268 valence electrons. The summed E-state index contributed by atoms with van der Waals surface area (Å²) in [6.07, 6.45) is -1.96. The summed E-state index contributed by atoms with van der Waals surface area (Å²) in [6, 6.07) is 7.01. The number of esters is 2. The predicted molar refractivity (Wildman–Crippen MR) is 175 cm³/mol. The van der Waals surface area contributed by atoms with Crippen LogP contribution in [0.1, 0.15) is 56.7 Å². The Balaban J connectivity index is 1.24. The number of hydrogen-bond acceptors (Lipinski definition) is 13. The largest absolute Gasteiger partial charge is 0.508 e. The van der Waals surface area contributed by atoms with Gasteiger partial charge >= 0.3 is 18.0 Å². The summed E-state index contributed by atoms with van der Waals surface area (Å²) >= 11 is 0.